The third kappa shape index (κ3) is 4.47. The normalized spacial score (nSPS) is 18.6. The van der Waals surface area contributed by atoms with Gasteiger partial charge in [0.05, 0.1) is 0 Å². The Morgan fingerprint density at radius 3 is 2.50 bits per heavy atom. The molecule has 1 fully saturated rings. The third-order valence-corrected chi connectivity index (χ3v) is 4.87. The van der Waals surface area contributed by atoms with Gasteiger partial charge in [0.15, 0.2) is 0 Å². The fourth-order valence-electron chi connectivity index (χ4n) is 2.19. The molecule has 1 atom stereocenters. The standard InChI is InChI=1S/C14H22N2O3S/c1-13(19-14-8-4-2-5-9-14)12-15-20(17,18)16-10-6-3-7-11-16/h2,4-5,8-9,13,15H,3,6-7,10-12H2,1H3. The lowest BCUT2D eigenvalue weighted by Gasteiger charge is -2.26. The molecule has 0 bridgehead atoms. The average Bonchev–Trinajstić information content (AvgIpc) is 2.47. The first-order valence-corrected chi connectivity index (χ1v) is 8.48. The van der Waals surface area contributed by atoms with Crippen LogP contribution in [0.3, 0.4) is 0 Å². The minimum absolute atomic E-state index is 0.211. The Hall–Kier alpha value is -1.11. The van der Waals surface area contributed by atoms with Gasteiger partial charge in [-0.05, 0) is 31.9 Å². The summed E-state index contributed by atoms with van der Waals surface area (Å²) in [6.07, 6.45) is 2.78. The molecule has 1 saturated heterocycles. The highest BCUT2D eigenvalue weighted by Gasteiger charge is 2.23. The van der Waals surface area contributed by atoms with Crippen LogP contribution in [0.5, 0.6) is 5.75 Å². The minimum atomic E-state index is -3.37. The fourth-order valence-corrected chi connectivity index (χ4v) is 3.56. The summed E-state index contributed by atoms with van der Waals surface area (Å²) in [6, 6.07) is 9.40. The van der Waals surface area contributed by atoms with Crippen molar-refractivity contribution in [3.63, 3.8) is 0 Å². The number of hydrogen-bond donors (Lipinski definition) is 1. The molecule has 0 amide bonds. The van der Waals surface area contributed by atoms with Crippen molar-refractivity contribution in [1.82, 2.24) is 9.03 Å². The van der Waals surface area contributed by atoms with Crippen molar-refractivity contribution in [1.29, 1.82) is 0 Å². The topological polar surface area (TPSA) is 58.6 Å². The van der Waals surface area contributed by atoms with E-state index in [0.717, 1.165) is 25.0 Å². The Labute approximate surface area is 121 Å². The second-order valence-corrected chi connectivity index (χ2v) is 6.81. The highest BCUT2D eigenvalue weighted by molar-refractivity contribution is 7.87. The van der Waals surface area contributed by atoms with E-state index in [2.05, 4.69) is 4.72 Å². The van der Waals surface area contributed by atoms with Crippen LogP contribution >= 0.6 is 0 Å². The minimum Gasteiger partial charge on any atom is -0.489 e. The van der Waals surface area contributed by atoms with Crippen molar-refractivity contribution in [3.8, 4) is 5.75 Å². The van der Waals surface area contributed by atoms with Gasteiger partial charge in [-0.15, -0.1) is 0 Å². The van der Waals surface area contributed by atoms with Gasteiger partial charge >= 0.3 is 0 Å². The first-order chi connectivity index (χ1) is 9.58. The van der Waals surface area contributed by atoms with Crippen molar-refractivity contribution >= 4 is 10.2 Å². The highest BCUT2D eigenvalue weighted by atomic mass is 32.2. The van der Waals surface area contributed by atoms with Crippen molar-refractivity contribution in [2.24, 2.45) is 0 Å². The molecule has 20 heavy (non-hydrogen) atoms. The maximum absolute atomic E-state index is 12.1. The zero-order valence-corrected chi connectivity index (χ0v) is 12.6. The quantitative estimate of drug-likeness (QED) is 0.871. The van der Waals surface area contributed by atoms with Crippen molar-refractivity contribution < 1.29 is 13.2 Å². The number of benzene rings is 1. The predicted molar refractivity (Wildman–Crippen MR) is 78.9 cm³/mol. The molecule has 1 N–H and O–H groups in total. The molecule has 1 aliphatic heterocycles. The Morgan fingerprint density at radius 1 is 1.20 bits per heavy atom. The van der Waals surface area contributed by atoms with Crippen LogP contribution in [0, 0.1) is 0 Å². The first kappa shape index (κ1) is 15.3. The molecule has 2 rings (SSSR count). The van der Waals surface area contributed by atoms with Crippen molar-refractivity contribution in [2.45, 2.75) is 32.3 Å². The molecule has 1 aromatic rings. The van der Waals surface area contributed by atoms with Gasteiger partial charge in [-0.1, -0.05) is 24.6 Å². The van der Waals surface area contributed by atoms with E-state index >= 15 is 0 Å². The molecule has 1 aromatic carbocycles. The van der Waals surface area contributed by atoms with Gasteiger partial charge in [0.25, 0.3) is 10.2 Å². The Bertz CT molecular complexity index is 498. The summed E-state index contributed by atoms with van der Waals surface area (Å²) in [7, 11) is -3.37. The zero-order chi connectivity index (χ0) is 14.4. The highest BCUT2D eigenvalue weighted by Crippen LogP contribution is 2.13. The van der Waals surface area contributed by atoms with E-state index in [0.29, 0.717) is 13.1 Å². The number of ether oxygens (including phenoxy) is 1. The molecule has 1 unspecified atom stereocenters. The molecule has 0 spiro atoms. The van der Waals surface area contributed by atoms with Crippen LogP contribution in [-0.4, -0.2) is 38.5 Å². The van der Waals surface area contributed by atoms with Crippen LogP contribution in [-0.2, 0) is 10.2 Å². The molecule has 6 heteroatoms. The van der Waals surface area contributed by atoms with Crippen LogP contribution in [0.1, 0.15) is 26.2 Å². The van der Waals surface area contributed by atoms with E-state index in [9.17, 15) is 8.42 Å². The monoisotopic (exact) mass is 298 g/mol. The van der Waals surface area contributed by atoms with Gasteiger partial charge in [-0.3, -0.25) is 0 Å². The first-order valence-electron chi connectivity index (χ1n) is 7.04. The Morgan fingerprint density at radius 2 is 1.85 bits per heavy atom. The van der Waals surface area contributed by atoms with E-state index in [4.69, 9.17) is 4.74 Å². The van der Waals surface area contributed by atoms with Gasteiger partial charge in [-0.2, -0.15) is 17.4 Å². The second kappa shape index (κ2) is 7.06. The van der Waals surface area contributed by atoms with E-state index in [1.54, 1.807) is 0 Å². The summed E-state index contributed by atoms with van der Waals surface area (Å²) < 4.78 is 34.0. The van der Waals surface area contributed by atoms with Crippen LogP contribution in [0.15, 0.2) is 30.3 Å². The SMILES string of the molecule is CC(CNS(=O)(=O)N1CCCCC1)Oc1ccccc1. The fraction of sp³-hybridized carbons (Fsp3) is 0.571. The summed E-state index contributed by atoms with van der Waals surface area (Å²) in [5.41, 5.74) is 0. The summed E-state index contributed by atoms with van der Waals surface area (Å²) in [5.74, 6) is 0.747. The van der Waals surface area contributed by atoms with Gasteiger partial charge in [0, 0.05) is 19.6 Å². The molecule has 0 aliphatic carbocycles. The van der Waals surface area contributed by atoms with E-state index in [1.807, 2.05) is 37.3 Å². The maximum atomic E-state index is 12.1. The van der Waals surface area contributed by atoms with Crippen molar-refractivity contribution in [3.05, 3.63) is 30.3 Å². The Balaban J connectivity index is 1.81. The van der Waals surface area contributed by atoms with E-state index in [1.165, 1.54) is 4.31 Å². The summed E-state index contributed by atoms with van der Waals surface area (Å²) >= 11 is 0. The lowest BCUT2D eigenvalue weighted by Crippen LogP contribution is -2.45. The van der Waals surface area contributed by atoms with Crippen LogP contribution < -0.4 is 9.46 Å². The molecule has 5 nitrogen and oxygen atoms in total. The summed E-state index contributed by atoms with van der Waals surface area (Å²) in [4.78, 5) is 0. The van der Waals surface area contributed by atoms with Gasteiger partial charge in [0.1, 0.15) is 11.9 Å². The average molecular weight is 298 g/mol. The third-order valence-electron chi connectivity index (χ3n) is 3.29. The molecule has 112 valence electrons. The number of hydrogen-bond acceptors (Lipinski definition) is 3. The van der Waals surface area contributed by atoms with Gasteiger partial charge in [-0.25, -0.2) is 0 Å². The summed E-state index contributed by atoms with van der Waals surface area (Å²) in [6.45, 7) is 3.35. The number of rotatable bonds is 6. The van der Waals surface area contributed by atoms with Gasteiger partial charge in [0.2, 0.25) is 0 Å². The second-order valence-electron chi connectivity index (χ2n) is 5.05. The molecular weight excluding hydrogens is 276 g/mol. The molecule has 0 saturated carbocycles. The number of nitrogens with one attached hydrogen (secondary N) is 1. The molecular formula is C14H22N2O3S. The lowest BCUT2D eigenvalue weighted by atomic mass is 10.2. The van der Waals surface area contributed by atoms with Crippen molar-refractivity contribution in [2.75, 3.05) is 19.6 Å². The lowest BCUT2D eigenvalue weighted by molar-refractivity contribution is 0.223. The number of para-hydroxylation sites is 1. The predicted octanol–water partition coefficient (Wildman–Crippen LogP) is 1.77. The van der Waals surface area contributed by atoms with Crippen LogP contribution in [0.2, 0.25) is 0 Å². The molecule has 1 heterocycles. The molecule has 0 radical (unpaired) electrons. The maximum Gasteiger partial charge on any atom is 0.279 e. The molecule has 0 aromatic heterocycles. The molecule has 1 aliphatic rings. The largest absolute Gasteiger partial charge is 0.489 e. The number of nitrogens with zero attached hydrogens (tertiary/aromatic N) is 1. The van der Waals surface area contributed by atoms with Gasteiger partial charge < -0.3 is 4.74 Å². The van der Waals surface area contributed by atoms with Crippen LogP contribution in [0.25, 0.3) is 0 Å². The Kier molecular flexibility index (Phi) is 5.39. The zero-order valence-electron chi connectivity index (χ0n) is 11.8. The summed E-state index contributed by atoms with van der Waals surface area (Å²) in [5, 5.41) is 0. The van der Waals surface area contributed by atoms with Crippen LogP contribution in [0.4, 0.5) is 0 Å². The number of piperidine rings is 1. The van der Waals surface area contributed by atoms with E-state index < -0.39 is 10.2 Å². The van der Waals surface area contributed by atoms with E-state index in [-0.39, 0.29) is 12.6 Å². The smallest absolute Gasteiger partial charge is 0.279 e.